The van der Waals surface area contributed by atoms with E-state index >= 15 is 0 Å². The Morgan fingerprint density at radius 1 is 1.11 bits per heavy atom. The number of halogens is 2. The first-order valence-corrected chi connectivity index (χ1v) is 9.11. The average molecular weight is 402 g/mol. The first kappa shape index (κ1) is 19.6. The van der Waals surface area contributed by atoms with E-state index in [0.717, 1.165) is 22.7 Å². The van der Waals surface area contributed by atoms with Gasteiger partial charge in [-0.25, -0.2) is 13.8 Å². The summed E-state index contributed by atoms with van der Waals surface area (Å²) in [5.74, 6) is -2.09. The molecule has 0 aliphatic rings. The van der Waals surface area contributed by atoms with Crippen molar-refractivity contribution in [2.24, 2.45) is 0 Å². The third-order valence-corrected chi connectivity index (χ3v) is 5.10. The first-order chi connectivity index (χ1) is 13.3. The predicted molar refractivity (Wildman–Crippen MR) is 103 cm³/mol. The van der Waals surface area contributed by atoms with E-state index in [4.69, 9.17) is 4.74 Å². The zero-order valence-corrected chi connectivity index (χ0v) is 15.9. The van der Waals surface area contributed by atoms with Crippen LogP contribution in [0.5, 0.6) is 5.75 Å². The highest BCUT2D eigenvalue weighted by molar-refractivity contribution is 7.17. The SMILES string of the molecule is CC(=O)c1sc(-c2ccc(OCC(=O)Nc3ccc(F)c(F)c3)cc2)nc1C. The summed E-state index contributed by atoms with van der Waals surface area (Å²) in [6, 6.07) is 10.0. The maximum atomic E-state index is 13.1. The van der Waals surface area contributed by atoms with Crippen LogP contribution in [-0.4, -0.2) is 23.3 Å². The van der Waals surface area contributed by atoms with Gasteiger partial charge in [0.25, 0.3) is 5.91 Å². The Bertz CT molecular complexity index is 1030. The van der Waals surface area contributed by atoms with Gasteiger partial charge < -0.3 is 10.1 Å². The molecule has 0 spiro atoms. The number of ketones is 1. The Balaban J connectivity index is 1.59. The van der Waals surface area contributed by atoms with Crippen LogP contribution >= 0.6 is 11.3 Å². The zero-order valence-electron chi connectivity index (χ0n) is 15.1. The van der Waals surface area contributed by atoms with Crippen LogP contribution in [0.25, 0.3) is 10.6 Å². The van der Waals surface area contributed by atoms with Crippen molar-refractivity contribution in [3.05, 3.63) is 64.7 Å². The summed E-state index contributed by atoms with van der Waals surface area (Å²) in [5, 5.41) is 3.15. The largest absolute Gasteiger partial charge is 0.484 e. The zero-order chi connectivity index (χ0) is 20.3. The lowest BCUT2D eigenvalue weighted by Gasteiger charge is -2.08. The molecule has 28 heavy (non-hydrogen) atoms. The minimum absolute atomic E-state index is 0.0201. The smallest absolute Gasteiger partial charge is 0.262 e. The van der Waals surface area contributed by atoms with Crippen LogP contribution in [0.1, 0.15) is 22.3 Å². The molecule has 0 aliphatic heterocycles. The third kappa shape index (κ3) is 4.58. The van der Waals surface area contributed by atoms with Gasteiger partial charge in [-0.05, 0) is 43.3 Å². The predicted octanol–water partition coefficient (Wildman–Crippen LogP) is 4.62. The highest BCUT2D eigenvalue weighted by atomic mass is 32.1. The monoisotopic (exact) mass is 402 g/mol. The molecule has 0 saturated heterocycles. The van der Waals surface area contributed by atoms with Gasteiger partial charge >= 0.3 is 0 Å². The molecule has 1 amide bonds. The van der Waals surface area contributed by atoms with Gasteiger partial charge in [0.1, 0.15) is 10.8 Å². The van der Waals surface area contributed by atoms with Crippen molar-refractivity contribution in [3.8, 4) is 16.3 Å². The van der Waals surface area contributed by atoms with E-state index in [1.165, 1.54) is 24.3 Å². The fourth-order valence-electron chi connectivity index (χ4n) is 2.46. The number of benzene rings is 2. The summed E-state index contributed by atoms with van der Waals surface area (Å²) < 4.78 is 31.4. The summed E-state index contributed by atoms with van der Waals surface area (Å²) in [7, 11) is 0. The van der Waals surface area contributed by atoms with Crippen molar-refractivity contribution in [2.45, 2.75) is 13.8 Å². The quantitative estimate of drug-likeness (QED) is 0.611. The summed E-state index contributed by atoms with van der Waals surface area (Å²) in [5.41, 5.74) is 1.67. The minimum atomic E-state index is -1.04. The summed E-state index contributed by atoms with van der Waals surface area (Å²) in [6.45, 7) is 3.01. The summed E-state index contributed by atoms with van der Waals surface area (Å²) in [4.78, 5) is 28.5. The van der Waals surface area contributed by atoms with Gasteiger partial charge in [0.15, 0.2) is 24.0 Å². The molecule has 0 saturated carbocycles. The van der Waals surface area contributed by atoms with Crippen LogP contribution in [0.4, 0.5) is 14.5 Å². The summed E-state index contributed by atoms with van der Waals surface area (Å²) in [6.07, 6.45) is 0. The molecule has 2 aromatic carbocycles. The lowest BCUT2D eigenvalue weighted by molar-refractivity contribution is -0.118. The average Bonchev–Trinajstić information content (AvgIpc) is 3.05. The lowest BCUT2D eigenvalue weighted by atomic mass is 10.2. The number of thiazole rings is 1. The van der Waals surface area contributed by atoms with Gasteiger partial charge in [-0.15, -0.1) is 11.3 Å². The number of aromatic nitrogens is 1. The van der Waals surface area contributed by atoms with Crippen LogP contribution < -0.4 is 10.1 Å². The Hall–Kier alpha value is -3.13. The van der Waals surface area contributed by atoms with Crippen LogP contribution in [-0.2, 0) is 4.79 Å². The Kier molecular flexibility index (Phi) is 5.79. The maximum Gasteiger partial charge on any atom is 0.262 e. The van der Waals surface area contributed by atoms with E-state index in [2.05, 4.69) is 10.3 Å². The fraction of sp³-hybridized carbons (Fsp3) is 0.150. The molecule has 0 atom stereocenters. The second kappa shape index (κ2) is 8.26. The van der Waals surface area contributed by atoms with Crippen molar-refractivity contribution in [3.63, 3.8) is 0 Å². The van der Waals surface area contributed by atoms with Crippen LogP contribution in [0.15, 0.2) is 42.5 Å². The molecule has 3 aromatic rings. The standard InChI is InChI=1S/C20H16F2N2O3S/c1-11-19(12(2)25)28-20(23-11)13-3-6-15(7-4-13)27-10-18(26)24-14-5-8-16(21)17(22)9-14/h3-9H,10H2,1-2H3,(H,24,26). The van der Waals surface area contributed by atoms with Gasteiger partial charge in [0.05, 0.1) is 10.6 Å². The molecule has 1 heterocycles. The van der Waals surface area contributed by atoms with E-state index in [9.17, 15) is 18.4 Å². The van der Waals surface area contributed by atoms with E-state index in [1.54, 1.807) is 31.2 Å². The molecule has 0 bridgehead atoms. The molecule has 8 heteroatoms. The number of Topliss-reactive ketones (excluding diaryl/α,β-unsaturated/α-hetero) is 1. The molecule has 3 rings (SSSR count). The van der Waals surface area contributed by atoms with Crippen LogP contribution in [0.3, 0.4) is 0 Å². The van der Waals surface area contributed by atoms with E-state index in [0.29, 0.717) is 16.3 Å². The number of carbonyl (C=O) groups excluding carboxylic acids is 2. The number of nitrogens with one attached hydrogen (secondary N) is 1. The topological polar surface area (TPSA) is 68.3 Å². The van der Waals surface area contributed by atoms with Gasteiger partial charge in [-0.1, -0.05) is 0 Å². The number of hydrogen-bond donors (Lipinski definition) is 1. The number of anilines is 1. The Labute approximate surface area is 164 Å². The molecule has 1 aromatic heterocycles. The van der Waals surface area contributed by atoms with E-state index in [1.807, 2.05) is 0 Å². The number of hydrogen-bond acceptors (Lipinski definition) is 5. The number of amides is 1. The molecule has 5 nitrogen and oxygen atoms in total. The van der Waals surface area contributed by atoms with Crippen molar-refractivity contribution < 1.29 is 23.1 Å². The second-order valence-corrected chi connectivity index (χ2v) is 6.98. The van der Waals surface area contributed by atoms with E-state index < -0.39 is 17.5 Å². The van der Waals surface area contributed by atoms with E-state index in [-0.39, 0.29) is 18.1 Å². The van der Waals surface area contributed by atoms with Crippen LogP contribution in [0, 0.1) is 18.6 Å². The molecular weight excluding hydrogens is 386 g/mol. The number of nitrogens with zero attached hydrogens (tertiary/aromatic N) is 1. The number of carbonyl (C=O) groups is 2. The third-order valence-electron chi connectivity index (χ3n) is 3.79. The van der Waals surface area contributed by atoms with Crippen molar-refractivity contribution >= 4 is 28.7 Å². The fourth-order valence-corrected chi connectivity index (χ4v) is 3.43. The molecule has 0 fully saturated rings. The highest BCUT2D eigenvalue weighted by Gasteiger charge is 2.13. The molecule has 0 radical (unpaired) electrons. The highest BCUT2D eigenvalue weighted by Crippen LogP contribution is 2.29. The number of aryl methyl sites for hydroxylation is 1. The molecular formula is C20H16F2N2O3S. The summed E-state index contributed by atoms with van der Waals surface area (Å²) >= 11 is 1.33. The normalized spacial score (nSPS) is 10.6. The molecule has 144 valence electrons. The van der Waals surface area contributed by atoms with Gasteiger partial charge in [-0.3, -0.25) is 9.59 Å². The van der Waals surface area contributed by atoms with Gasteiger partial charge in [-0.2, -0.15) is 0 Å². The number of rotatable bonds is 6. The van der Waals surface area contributed by atoms with Crippen LogP contribution in [0.2, 0.25) is 0 Å². The minimum Gasteiger partial charge on any atom is -0.484 e. The molecule has 1 N–H and O–H groups in total. The number of ether oxygens (including phenoxy) is 1. The van der Waals surface area contributed by atoms with Crippen molar-refractivity contribution in [1.82, 2.24) is 4.98 Å². The first-order valence-electron chi connectivity index (χ1n) is 8.30. The Morgan fingerprint density at radius 3 is 2.43 bits per heavy atom. The second-order valence-electron chi connectivity index (χ2n) is 5.98. The Morgan fingerprint density at radius 2 is 1.82 bits per heavy atom. The molecule has 0 aliphatic carbocycles. The van der Waals surface area contributed by atoms with Gasteiger partial charge in [0.2, 0.25) is 0 Å². The maximum absolute atomic E-state index is 13.1. The van der Waals surface area contributed by atoms with Crippen molar-refractivity contribution in [1.29, 1.82) is 0 Å². The van der Waals surface area contributed by atoms with Gasteiger partial charge in [0, 0.05) is 24.2 Å². The van der Waals surface area contributed by atoms with Crippen molar-refractivity contribution in [2.75, 3.05) is 11.9 Å². The lowest BCUT2D eigenvalue weighted by Crippen LogP contribution is -2.20. The molecule has 0 unspecified atom stereocenters.